The minimum absolute atomic E-state index is 0.400. The Morgan fingerprint density at radius 3 is 2.70 bits per heavy atom. The van der Waals surface area contributed by atoms with Crippen LogP contribution < -0.4 is 5.73 Å². The number of imidazole rings is 1. The van der Waals surface area contributed by atoms with E-state index < -0.39 is 0 Å². The molecule has 0 aliphatic heterocycles. The second-order valence-electron chi connectivity index (χ2n) is 6.23. The molecule has 1 heterocycles. The Morgan fingerprint density at radius 1 is 1.25 bits per heavy atom. The van der Waals surface area contributed by atoms with Gasteiger partial charge in [-0.2, -0.15) is 0 Å². The number of hydrogen-bond donors (Lipinski definition) is 1. The van der Waals surface area contributed by atoms with Crippen molar-refractivity contribution < 1.29 is 0 Å². The first kappa shape index (κ1) is 13.6. The molecule has 1 aliphatic carbocycles. The molecule has 0 bridgehead atoms. The molecular formula is C17H25N3. The molecule has 0 saturated heterocycles. The maximum atomic E-state index is 6.04. The predicted octanol–water partition coefficient (Wildman–Crippen LogP) is 3.74. The largest absolute Gasteiger partial charge is 0.328 e. The second kappa shape index (κ2) is 5.57. The molecule has 1 fully saturated rings. The molecule has 2 N–H and O–H groups in total. The van der Waals surface area contributed by atoms with E-state index >= 15 is 0 Å². The van der Waals surface area contributed by atoms with Crippen molar-refractivity contribution in [2.45, 2.75) is 64.5 Å². The first-order chi connectivity index (χ1) is 9.69. The van der Waals surface area contributed by atoms with E-state index in [0.717, 1.165) is 31.3 Å². The van der Waals surface area contributed by atoms with Crippen LogP contribution in [0.4, 0.5) is 0 Å². The topological polar surface area (TPSA) is 43.8 Å². The zero-order valence-electron chi connectivity index (χ0n) is 12.6. The van der Waals surface area contributed by atoms with E-state index in [1.807, 2.05) is 0 Å². The minimum Gasteiger partial charge on any atom is -0.328 e. The minimum atomic E-state index is 0.400. The van der Waals surface area contributed by atoms with Gasteiger partial charge in [-0.05, 0) is 56.7 Å². The van der Waals surface area contributed by atoms with Crippen molar-refractivity contribution >= 4 is 11.0 Å². The van der Waals surface area contributed by atoms with Gasteiger partial charge in [0.2, 0.25) is 0 Å². The Hall–Kier alpha value is -1.35. The molecule has 1 aromatic carbocycles. The fourth-order valence-corrected chi connectivity index (χ4v) is 3.41. The Labute approximate surface area is 121 Å². The van der Waals surface area contributed by atoms with E-state index in [2.05, 4.69) is 36.6 Å². The van der Waals surface area contributed by atoms with Crippen LogP contribution in [0.2, 0.25) is 0 Å². The fraction of sp³-hybridized carbons (Fsp3) is 0.588. The van der Waals surface area contributed by atoms with Crippen LogP contribution in [0, 0.1) is 6.92 Å². The smallest absolute Gasteiger partial charge is 0.112 e. The van der Waals surface area contributed by atoms with Gasteiger partial charge in [0.25, 0.3) is 0 Å². The number of nitrogens with two attached hydrogens (primary N) is 1. The molecule has 108 valence electrons. The van der Waals surface area contributed by atoms with E-state index in [1.54, 1.807) is 0 Å². The summed E-state index contributed by atoms with van der Waals surface area (Å²) in [6, 6.07) is 7.03. The SMILES string of the molecule is CCCn1c(C2CCC(N)CC2)nc2cc(C)ccc21. The van der Waals surface area contributed by atoms with Crippen LogP contribution in [0.3, 0.4) is 0 Å². The van der Waals surface area contributed by atoms with Crippen LogP contribution in [0.5, 0.6) is 0 Å². The number of fused-ring (bicyclic) bond motifs is 1. The molecule has 0 spiro atoms. The first-order valence-corrected chi connectivity index (χ1v) is 7.91. The molecule has 1 aliphatic rings. The maximum absolute atomic E-state index is 6.04. The van der Waals surface area contributed by atoms with E-state index in [1.165, 1.54) is 29.7 Å². The highest BCUT2D eigenvalue weighted by Gasteiger charge is 2.24. The van der Waals surface area contributed by atoms with E-state index in [4.69, 9.17) is 10.7 Å². The first-order valence-electron chi connectivity index (χ1n) is 7.91. The molecule has 1 saturated carbocycles. The molecular weight excluding hydrogens is 246 g/mol. The van der Waals surface area contributed by atoms with E-state index in [0.29, 0.717) is 12.0 Å². The lowest BCUT2D eigenvalue weighted by atomic mass is 9.86. The van der Waals surface area contributed by atoms with Crippen molar-refractivity contribution in [1.82, 2.24) is 9.55 Å². The van der Waals surface area contributed by atoms with Gasteiger partial charge in [-0.25, -0.2) is 4.98 Å². The van der Waals surface area contributed by atoms with Crippen molar-refractivity contribution in [1.29, 1.82) is 0 Å². The quantitative estimate of drug-likeness (QED) is 0.924. The van der Waals surface area contributed by atoms with Gasteiger partial charge in [-0.15, -0.1) is 0 Å². The van der Waals surface area contributed by atoms with Crippen LogP contribution in [-0.2, 0) is 6.54 Å². The Bertz CT molecular complexity index is 592. The van der Waals surface area contributed by atoms with Gasteiger partial charge < -0.3 is 10.3 Å². The summed E-state index contributed by atoms with van der Waals surface area (Å²) in [7, 11) is 0. The number of benzene rings is 1. The van der Waals surface area contributed by atoms with Crippen molar-refractivity contribution in [2.24, 2.45) is 5.73 Å². The number of nitrogens with zero attached hydrogens (tertiary/aromatic N) is 2. The number of aromatic nitrogens is 2. The Balaban J connectivity index is 2.02. The number of rotatable bonds is 3. The average Bonchev–Trinajstić information content (AvgIpc) is 2.78. The monoisotopic (exact) mass is 271 g/mol. The van der Waals surface area contributed by atoms with Crippen molar-refractivity contribution in [3.05, 3.63) is 29.6 Å². The molecule has 0 unspecified atom stereocenters. The van der Waals surface area contributed by atoms with Gasteiger partial charge in [0, 0.05) is 18.5 Å². The second-order valence-corrected chi connectivity index (χ2v) is 6.23. The Morgan fingerprint density at radius 2 is 2.00 bits per heavy atom. The molecule has 0 amide bonds. The molecule has 3 heteroatoms. The van der Waals surface area contributed by atoms with E-state index in [9.17, 15) is 0 Å². The van der Waals surface area contributed by atoms with Gasteiger partial charge in [0.1, 0.15) is 5.82 Å². The van der Waals surface area contributed by atoms with Crippen LogP contribution in [0.1, 0.15) is 56.3 Å². The van der Waals surface area contributed by atoms with Crippen LogP contribution in [0.25, 0.3) is 11.0 Å². The van der Waals surface area contributed by atoms with Crippen LogP contribution in [-0.4, -0.2) is 15.6 Å². The third-order valence-electron chi connectivity index (χ3n) is 4.52. The van der Waals surface area contributed by atoms with Gasteiger partial charge in [-0.1, -0.05) is 13.0 Å². The van der Waals surface area contributed by atoms with Gasteiger partial charge in [-0.3, -0.25) is 0 Å². The molecule has 3 nitrogen and oxygen atoms in total. The van der Waals surface area contributed by atoms with Crippen molar-refractivity contribution in [3.8, 4) is 0 Å². The van der Waals surface area contributed by atoms with Crippen molar-refractivity contribution in [2.75, 3.05) is 0 Å². The standard InChI is InChI=1S/C17H25N3/c1-3-10-20-16-9-4-12(2)11-15(16)19-17(20)13-5-7-14(18)8-6-13/h4,9,11,13-14H,3,5-8,10,18H2,1-2H3. The van der Waals surface area contributed by atoms with Gasteiger partial charge in [0.05, 0.1) is 11.0 Å². The molecule has 3 rings (SSSR count). The molecule has 20 heavy (non-hydrogen) atoms. The summed E-state index contributed by atoms with van der Waals surface area (Å²) in [6.07, 6.45) is 5.80. The van der Waals surface area contributed by atoms with Crippen LogP contribution >= 0.6 is 0 Å². The molecule has 0 atom stereocenters. The summed E-state index contributed by atoms with van der Waals surface area (Å²) in [5.41, 5.74) is 9.78. The highest BCUT2D eigenvalue weighted by atomic mass is 15.1. The highest BCUT2D eigenvalue weighted by molar-refractivity contribution is 5.77. The zero-order chi connectivity index (χ0) is 14.1. The lowest BCUT2D eigenvalue weighted by molar-refractivity contribution is 0.376. The fourth-order valence-electron chi connectivity index (χ4n) is 3.41. The van der Waals surface area contributed by atoms with E-state index in [-0.39, 0.29) is 0 Å². The number of hydrogen-bond acceptors (Lipinski definition) is 2. The van der Waals surface area contributed by atoms with Crippen LogP contribution in [0.15, 0.2) is 18.2 Å². The van der Waals surface area contributed by atoms with Gasteiger partial charge in [0.15, 0.2) is 0 Å². The third-order valence-corrected chi connectivity index (χ3v) is 4.52. The Kier molecular flexibility index (Phi) is 3.79. The third kappa shape index (κ3) is 2.47. The lowest BCUT2D eigenvalue weighted by Gasteiger charge is -2.26. The van der Waals surface area contributed by atoms with Gasteiger partial charge >= 0.3 is 0 Å². The lowest BCUT2D eigenvalue weighted by Crippen LogP contribution is -2.26. The summed E-state index contributed by atoms with van der Waals surface area (Å²) in [6.45, 7) is 5.44. The summed E-state index contributed by atoms with van der Waals surface area (Å²) in [5.74, 6) is 1.88. The summed E-state index contributed by atoms with van der Waals surface area (Å²) >= 11 is 0. The molecule has 1 aromatic heterocycles. The van der Waals surface area contributed by atoms with Crippen molar-refractivity contribution in [3.63, 3.8) is 0 Å². The maximum Gasteiger partial charge on any atom is 0.112 e. The normalized spacial score (nSPS) is 23.4. The highest BCUT2D eigenvalue weighted by Crippen LogP contribution is 2.33. The predicted molar refractivity (Wildman–Crippen MR) is 83.9 cm³/mol. The average molecular weight is 271 g/mol. The number of aryl methyl sites for hydroxylation is 2. The summed E-state index contributed by atoms with van der Waals surface area (Å²) in [5, 5.41) is 0. The summed E-state index contributed by atoms with van der Waals surface area (Å²) in [4.78, 5) is 4.96. The molecule has 0 radical (unpaired) electrons. The molecule has 2 aromatic rings. The zero-order valence-corrected chi connectivity index (χ0v) is 12.6. The summed E-state index contributed by atoms with van der Waals surface area (Å²) < 4.78 is 2.44.